The predicted molar refractivity (Wildman–Crippen MR) is 111 cm³/mol. The molecule has 1 aliphatic heterocycles. The monoisotopic (exact) mass is 392 g/mol. The number of hydrogen-bond donors (Lipinski definition) is 2. The van der Waals surface area contributed by atoms with Crippen LogP contribution in [0.4, 0.5) is 5.69 Å². The number of benzene rings is 1. The van der Waals surface area contributed by atoms with E-state index in [1.165, 1.54) is 0 Å². The zero-order valence-corrected chi connectivity index (χ0v) is 16.5. The third kappa shape index (κ3) is 4.13. The third-order valence-corrected chi connectivity index (χ3v) is 4.86. The van der Waals surface area contributed by atoms with Crippen LogP contribution in [0.5, 0.6) is 0 Å². The average Bonchev–Trinajstić information content (AvgIpc) is 3.38. The number of aromatic nitrogens is 4. The summed E-state index contributed by atoms with van der Waals surface area (Å²) in [4.78, 5) is 28.4. The van der Waals surface area contributed by atoms with E-state index in [0.717, 1.165) is 22.8 Å². The van der Waals surface area contributed by atoms with Crippen LogP contribution in [0.1, 0.15) is 5.82 Å². The molecule has 3 heterocycles. The van der Waals surface area contributed by atoms with Crippen LogP contribution in [-0.2, 0) is 18.4 Å². The number of carbonyl (C=O) groups is 1. The number of piperazine rings is 1. The lowest BCUT2D eigenvalue weighted by molar-refractivity contribution is -0.120. The number of imidazole rings is 1. The topological polar surface area (TPSA) is 94.4 Å². The first-order chi connectivity index (χ1) is 14.1. The summed E-state index contributed by atoms with van der Waals surface area (Å²) in [5, 5.41) is 7.44. The lowest BCUT2D eigenvalue weighted by Gasteiger charge is -2.35. The van der Waals surface area contributed by atoms with Crippen LogP contribution in [-0.4, -0.2) is 63.2 Å². The van der Waals surface area contributed by atoms with Gasteiger partial charge in [0.1, 0.15) is 12.4 Å². The Balaban J connectivity index is 1.36. The number of hydrogen-bond acceptors (Lipinski definition) is 4. The summed E-state index contributed by atoms with van der Waals surface area (Å²) in [6.07, 6.45) is 5.38. The van der Waals surface area contributed by atoms with E-state index in [4.69, 9.17) is 0 Å². The largest absolute Gasteiger partial charge is 0.349 e. The van der Waals surface area contributed by atoms with Crippen LogP contribution in [0.2, 0.25) is 0 Å². The van der Waals surface area contributed by atoms with Crippen LogP contribution in [0.25, 0.3) is 11.3 Å². The van der Waals surface area contributed by atoms with Crippen molar-refractivity contribution < 1.29 is 4.79 Å². The van der Waals surface area contributed by atoms with Gasteiger partial charge in [-0.2, -0.15) is 5.10 Å². The normalized spacial score (nSPS) is 15.1. The molecule has 9 heteroatoms. The summed E-state index contributed by atoms with van der Waals surface area (Å²) in [5.41, 5.74) is 2.88. The van der Waals surface area contributed by atoms with Crippen molar-refractivity contribution in [2.45, 2.75) is 6.54 Å². The standard InChI is InChI=1S/C20H24N8O/c1-21-20(23-12-18-22-11-17(25-18)15-6-4-3-5-7-15)27-8-9-28(19(29)14-27)16-10-24-26(2)13-16/h3-7,10-11,13H,8-9,12,14H2,1-2H3,(H,21,23)(H,22,25). The van der Waals surface area contributed by atoms with Gasteiger partial charge in [-0.15, -0.1) is 0 Å². The van der Waals surface area contributed by atoms with Gasteiger partial charge in [-0.1, -0.05) is 30.3 Å². The van der Waals surface area contributed by atoms with Crippen molar-refractivity contribution in [3.05, 3.63) is 54.7 Å². The highest BCUT2D eigenvalue weighted by atomic mass is 16.2. The maximum atomic E-state index is 12.6. The van der Waals surface area contributed by atoms with Gasteiger partial charge in [0.05, 0.1) is 30.3 Å². The van der Waals surface area contributed by atoms with E-state index in [0.29, 0.717) is 25.6 Å². The lowest BCUT2D eigenvalue weighted by atomic mass is 10.2. The molecule has 2 N–H and O–H groups in total. The van der Waals surface area contributed by atoms with Gasteiger partial charge < -0.3 is 20.1 Å². The number of nitrogens with zero attached hydrogens (tertiary/aromatic N) is 6. The molecule has 0 unspecified atom stereocenters. The van der Waals surface area contributed by atoms with Crippen LogP contribution < -0.4 is 10.2 Å². The van der Waals surface area contributed by atoms with Crippen LogP contribution >= 0.6 is 0 Å². The van der Waals surface area contributed by atoms with Gasteiger partial charge in [-0.05, 0) is 5.56 Å². The fourth-order valence-corrected chi connectivity index (χ4v) is 3.39. The summed E-state index contributed by atoms with van der Waals surface area (Å²) >= 11 is 0. The van der Waals surface area contributed by atoms with Gasteiger partial charge in [0.15, 0.2) is 5.96 Å². The summed E-state index contributed by atoms with van der Waals surface area (Å²) in [6.45, 7) is 2.04. The van der Waals surface area contributed by atoms with E-state index >= 15 is 0 Å². The number of anilines is 1. The number of aromatic amines is 1. The molecule has 9 nitrogen and oxygen atoms in total. The number of H-pyrrole nitrogens is 1. The molecular weight excluding hydrogens is 368 g/mol. The van der Waals surface area contributed by atoms with Crippen molar-refractivity contribution in [1.82, 2.24) is 30.0 Å². The molecule has 3 aromatic rings. The van der Waals surface area contributed by atoms with E-state index in [2.05, 4.69) is 25.4 Å². The van der Waals surface area contributed by atoms with Gasteiger partial charge in [0.2, 0.25) is 5.91 Å². The first kappa shape index (κ1) is 18.7. The summed E-state index contributed by atoms with van der Waals surface area (Å²) in [5.74, 6) is 1.52. The Kier molecular flexibility index (Phi) is 5.28. The Bertz CT molecular complexity index is 1010. The second kappa shape index (κ2) is 8.17. The molecule has 1 amide bonds. The first-order valence-electron chi connectivity index (χ1n) is 9.48. The van der Waals surface area contributed by atoms with E-state index < -0.39 is 0 Å². The molecule has 1 fully saturated rings. The molecule has 0 atom stereocenters. The van der Waals surface area contributed by atoms with Gasteiger partial charge >= 0.3 is 0 Å². The Morgan fingerprint density at radius 3 is 2.76 bits per heavy atom. The molecule has 1 aliphatic rings. The molecule has 29 heavy (non-hydrogen) atoms. The minimum Gasteiger partial charge on any atom is -0.349 e. The van der Waals surface area contributed by atoms with Gasteiger partial charge in [0.25, 0.3) is 0 Å². The SMILES string of the molecule is CN=C(NCc1ncc(-c2ccccc2)[nH]1)N1CCN(c2cnn(C)c2)C(=O)C1. The lowest BCUT2D eigenvalue weighted by Crippen LogP contribution is -2.55. The number of guanidine groups is 1. The zero-order valence-electron chi connectivity index (χ0n) is 16.5. The molecule has 1 saturated heterocycles. The number of rotatable bonds is 4. The predicted octanol–water partition coefficient (Wildman–Crippen LogP) is 1.23. The van der Waals surface area contributed by atoms with Gasteiger partial charge in [-0.25, -0.2) is 4.98 Å². The van der Waals surface area contributed by atoms with Crippen molar-refractivity contribution in [1.29, 1.82) is 0 Å². The Hall–Kier alpha value is -3.62. The maximum absolute atomic E-state index is 12.6. The highest BCUT2D eigenvalue weighted by Crippen LogP contribution is 2.17. The number of aryl methyl sites for hydroxylation is 1. The van der Waals surface area contributed by atoms with Crippen molar-refractivity contribution in [2.75, 3.05) is 31.6 Å². The van der Waals surface area contributed by atoms with E-state index in [9.17, 15) is 4.79 Å². The fraction of sp³-hybridized carbons (Fsp3) is 0.300. The molecule has 0 radical (unpaired) electrons. The van der Waals surface area contributed by atoms with Gasteiger partial charge in [-0.3, -0.25) is 14.5 Å². The molecule has 1 aromatic carbocycles. The van der Waals surface area contributed by atoms with Crippen molar-refractivity contribution in [2.24, 2.45) is 12.0 Å². The highest BCUT2D eigenvalue weighted by Gasteiger charge is 2.27. The Morgan fingerprint density at radius 2 is 2.07 bits per heavy atom. The Labute approximate surface area is 169 Å². The van der Waals surface area contributed by atoms with Crippen LogP contribution in [0.15, 0.2) is 53.9 Å². The molecule has 150 valence electrons. The molecule has 0 aliphatic carbocycles. The zero-order chi connectivity index (χ0) is 20.2. The average molecular weight is 392 g/mol. The molecule has 0 saturated carbocycles. The number of nitrogens with one attached hydrogen (secondary N) is 2. The number of amides is 1. The summed E-state index contributed by atoms with van der Waals surface area (Å²) in [7, 11) is 3.56. The second-order valence-corrected chi connectivity index (χ2v) is 6.85. The summed E-state index contributed by atoms with van der Waals surface area (Å²) in [6, 6.07) is 10.1. The van der Waals surface area contributed by atoms with E-state index in [1.54, 1.807) is 22.8 Å². The fourth-order valence-electron chi connectivity index (χ4n) is 3.39. The number of carbonyl (C=O) groups excluding carboxylic acids is 1. The molecule has 4 rings (SSSR count). The highest BCUT2D eigenvalue weighted by molar-refractivity contribution is 5.98. The maximum Gasteiger partial charge on any atom is 0.246 e. The van der Waals surface area contributed by atoms with Crippen LogP contribution in [0.3, 0.4) is 0 Å². The number of aliphatic imine (C=N–C) groups is 1. The molecular formula is C20H24N8O. The minimum absolute atomic E-state index is 0.0246. The van der Waals surface area contributed by atoms with Crippen LogP contribution in [0, 0.1) is 0 Å². The molecule has 2 aromatic heterocycles. The molecule has 0 spiro atoms. The van der Waals surface area contributed by atoms with E-state index in [1.807, 2.05) is 54.7 Å². The van der Waals surface area contributed by atoms with E-state index in [-0.39, 0.29) is 12.5 Å². The minimum atomic E-state index is 0.0246. The first-order valence-corrected chi connectivity index (χ1v) is 9.48. The van der Waals surface area contributed by atoms with Crippen molar-refractivity contribution in [3.63, 3.8) is 0 Å². The third-order valence-electron chi connectivity index (χ3n) is 4.86. The summed E-state index contributed by atoms with van der Waals surface area (Å²) < 4.78 is 1.70. The second-order valence-electron chi connectivity index (χ2n) is 6.85. The smallest absolute Gasteiger partial charge is 0.246 e. The van der Waals surface area contributed by atoms with Crippen molar-refractivity contribution >= 4 is 17.6 Å². The Morgan fingerprint density at radius 1 is 1.24 bits per heavy atom. The van der Waals surface area contributed by atoms with Crippen molar-refractivity contribution in [3.8, 4) is 11.3 Å². The molecule has 0 bridgehead atoms. The van der Waals surface area contributed by atoms with Gasteiger partial charge in [0, 0.05) is 33.4 Å². The quantitative estimate of drug-likeness (QED) is 0.515.